The molecule has 0 bridgehead atoms. The molecule has 110 valence electrons. The number of rotatable bonds is 4. The van der Waals surface area contributed by atoms with Gasteiger partial charge in [0.1, 0.15) is 16.8 Å². The first-order valence-electron chi connectivity index (χ1n) is 7.91. The van der Waals surface area contributed by atoms with E-state index in [-0.39, 0.29) is 0 Å². The van der Waals surface area contributed by atoms with E-state index in [1.165, 1.54) is 38.5 Å². The predicted octanol–water partition coefficient (Wildman–Crippen LogP) is 4.55. The van der Waals surface area contributed by atoms with Crippen molar-refractivity contribution in [1.82, 2.24) is 9.97 Å². The lowest BCUT2D eigenvalue weighted by atomic mass is 9.83. The number of nitrogens with zero attached hydrogens (tertiary/aromatic N) is 2. The molecule has 1 aromatic rings. The van der Waals surface area contributed by atoms with Gasteiger partial charge in [0.2, 0.25) is 0 Å². The molecule has 0 radical (unpaired) electrons. The van der Waals surface area contributed by atoms with Gasteiger partial charge in [-0.1, -0.05) is 31.4 Å². The number of nitrogens with one attached hydrogen (secondary N) is 1. The van der Waals surface area contributed by atoms with Crippen molar-refractivity contribution >= 4 is 17.4 Å². The van der Waals surface area contributed by atoms with Gasteiger partial charge in [-0.3, -0.25) is 0 Å². The van der Waals surface area contributed by atoms with Crippen LogP contribution in [-0.4, -0.2) is 16.5 Å². The Balaban J connectivity index is 1.64. The van der Waals surface area contributed by atoms with Crippen LogP contribution in [0.4, 0.5) is 5.82 Å². The Hall–Kier alpha value is -0.830. The summed E-state index contributed by atoms with van der Waals surface area (Å²) in [4.78, 5) is 9.10. The molecule has 1 aromatic heterocycles. The molecule has 0 amide bonds. The van der Waals surface area contributed by atoms with Crippen molar-refractivity contribution in [2.45, 2.75) is 58.3 Å². The van der Waals surface area contributed by atoms with E-state index >= 15 is 0 Å². The number of hydrogen-bond acceptors (Lipinski definition) is 3. The van der Waals surface area contributed by atoms with E-state index in [2.05, 4.69) is 22.2 Å². The van der Waals surface area contributed by atoms with Gasteiger partial charge in [-0.25, -0.2) is 9.97 Å². The van der Waals surface area contributed by atoms with E-state index in [0.29, 0.717) is 11.1 Å². The smallest absolute Gasteiger partial charge is 0.137 e. The highest BCUT2D eigenvalue weighted by Gasteiger charge is 2.28. The van der Waals surface area contributed by atoms with Crippen LogP contribution in [-0.2, 0) is 0 Å². The maximum Gasteiger partial charge on any atom is 0.137 e. The quantitative estimate of drug-likeness (QED) is 0.827. The van der Waals surface area contributed by atoms with Gasteiger partial charge in [-0.05, 0) is 44.4 Å². The van der Waals surface area contributed by atoms with Crippen LogP contribution < -0.4 is 5.32 Å². The van der Waals surface area contributed by atoms with Crippen molar-refractivity contribution in [2.75, 3.05) is 11.9 Å². The van der Waals surface area contributed by atoms with Gasteiger partial charge in [-0.15, -0.1) is 0 Å². The zero-order valence-corrected chi connectivity index (χ0v) is 13.2. The molecular formula is C16H24ClN3. The van der Waals surface area contributed by atoms with Gasteiger partial charge in [0.15, 0.2) is 0 Å². The molecular weight excluding hydrogens is 270 g/mol. The van der Waals surface area contributed by atoms with E-state index in [1.807, 2.05) is 6.92 Å². The van der Waals surface area contributed by atoms with Crippen LogP contribution in [0, 0.1) is 18.8 Å². The van der Waals surface area contributed by atoms with Crippen LogP contribution in [0.1, 0.15) is 62.8 Å². The Labute approximate surface area is 126 Å². The maximum absolute atomic E-state index is 6.24. The minimum atomic E-state index is 0.546. The molecule has 2 aliphatic carbocycles. The molecule has 0 unspecified atom stereocenters. The lowest BCUT2D eigenvalue weighted by Crippen LogP contribution is -2.21. The lowest BCUT2D eigenvalue weighted by molar-refractivity contribution is 0.300. The number of hydrogen-bond donors (Lipinski definition) is 1. The van der Waals surface area contributed by atoms with Crippen LogP contribution in [0.5, 0.6) is 0 Å². The second-order valence-corrected chi connectivity index (χ2v) is 6.99. The molecule has 2 aliphatic rings. The first kappa shape index (κ1) is 14.1. The molecule has 0 spiro atoms. The topological polar surface area (TPSA) is 37.8 Å². The molecule has 3 nitrogen and oxygen atoms in total. The average Bonchev–Trinajstić information content (AvgIpc) is 3.26. The highest BCUT2D eigenvalue weighted by Crippen LogP contribution is 2.39. The van der Waals surface area contributed by atoms with Crippen LogP contribution in [0.15, 0.2) is 0 Å². The second-order valence-electron chi connectivity index (χ2n) is 6.63. The maximum atomic E-state index is 6.24. The van der Waals surface area contributed by atoms with E-state index in [1.54, 1.807) is 0 Å². The van der Waals surface area contributed by atoms with Crippen molar-refractivity contribution in [3.63, 3.8) is 0 Å². The van der Waals surface area contributed by atoms with Crippen molar-refractivity contribution in [3.05, 3.63) is 16.5 Å². The molecule has 0 saturated heterocycles. The summed E-state index contributed by atoms with van der Waals surface area (Å²) in [5.74, 6) is 4.11. The summed E-state index contributed by atoms with van der Waals surface area (Å²) in [5.41, 5.74) is 0.986. The van der Waals surface area contributed by atoms with Gasteiger partial charge in [0.05, 0.1) is 0 Å². The largest absolute Gasteiger partial charge is 0.369 e. The van der Waals surface area contributed by atoms with Crippen LogP contribution >= 0.6 is 11.6 Å². The third-order valence-electron chi connectivity index (χ3n) is 4.74. The summed E-state index contributed by atoms with van der Waals surface area (Å²) < 4.78 is 0. The summed E-state index contributed by atoms with van der Waals surface area (Å²) in [6, 6.07) is 0. The van der Waals surface area contributed by atoms with Crippen molar-refractivity contribution in [2.24, 2.45) is 11.8 Å². The van der Waals surface area contributed by atoms with E-state index in [4.69, 9.17) is 11.6 Å². The number of halogens is 1. The fraction of sp³-hybridized carbons (Fsp3) is 0.750. The number of aromatic nitrogens is 2. The third kappa shape index (κ3) is 3.25. The molecule has 4 heteroatoms. The molecule has 0 aromatic carbocycles. The Kier molecular flexibility index (Phi) is 4.16. The Morgan fingerprint density at radius 3 is 2.45 bits per heavy atom. The lowest BCUT2D eigenvalue weighted by Gasteiger charge is -2.26. The minimum absolute atomic E-state index is 0.546. The second kappa shape index (κ2) is 5.88. The molecule has 1 N–H and O–H groups in total. The third-order valence-corrected chi connectivity index (χ3v) is 5.11. The minimum Gasteiger partial charge on any atom is -0.369 e. The fourth-order valence-corrected chi connectivity index (χ4v) is 3.15. The molecule has 2 saturated carbocycles. The molecule has 20 heavy (non-hydrogen) atoms. The van der Waals surface area contributed by atoms with Crippen LogP contribution in [0.3, 0.4) is 0 Å². The van der Waals surface area contributed by atoms with E-state index in [9.17, 15) is 0 Å². The van der Waals surface area contributed by atoms with E-state index < -0.39 is 0 Å². The van der Waals surface area contributed by atoms with Gasteiger partial charge in [-0.2, -0.15) is 0 Å². The van der Waals surface area contributed by atoms with Crippen LogP contribution in [0.25, 0.3) is 0 Å². The summed E-state index contributed by atoms with van der Waals surface area (Å²) >= 11 is 6.24. The molecule has 3 rings (SSSR count). The fourth-order valence-electron chi connectivity index (χ4n) is 2.98. The monoisotopic (exact) mass is 293 g/mol. The molecule has 0 aliphatic heterocycles. The van der Waals surface area contributed by atoms with Crippen LogP contribution in [0.2, 0.25) is 5.15 Å². The molecule has 2 fully saturated rings. The van der Waals surface area contributed by atoms with E-state index in [0.717, 1.165) is 35.6 Å². The zero-order chi connectivity index (χ0) is 14.1. The average molecular weight is 294 g/mol. The number of anilines is 1. The van der Waals surface area contributed by atoms with Gasteiger partial charge in [0.25, 0.3) is 0 Å². The Morgan fingerprint density at radius 1 is 1.10 bits per heavy atom. The Morgan fingerprint density at radius 2 is 1.80 bits per heavy atom. The van der Waals surface area contributed by atoms with Gasteiger partial charge < -0.3 is 5.32 Å². The SMILES string of the molecule is Cc1c(Cl)nc(C2CC2)nc1NCC1CCC(C)CC1. The predicted molar refractivity (Wildman–Crippen MR) is 83.4 cm³/mol. The summed E-state index contributed by atoms with van der Waals surface area (Å²) in [6.07, 6.45) is 7.81. The standard InChI is InChI=1S/C16H24ClN3/c1-10-3-5-12(6-4-10)9-18-15-11(2)14(17)19-16(20-15)13-7-8-13/h10,12-13H,3-9H2,1-2H3,(H,18,19,20). The summed E-state index contributed by atoms with van der Waals surface area (Å²) in [7, 11) is 0. The van der Waals surface area contributed by atoms with Crippen molar-refractivity contribution in [3.8, 4) is 0 Å². The molecule has 0 atom stereocenters. The summed E-state index contributed by atoms with van der Waals surface area (Å²) in [6.45, 7) is 5.38. The first-order valence-corrected chi connectivity index (χ1v) is 8.29. The molecule has 1 heterocycles. The highest BCUT2D eigenvalue weighted by atomic mass is 35.5. The normalized spacial score (nSPS) is 26.6. The highest BCUT2D eigenvalue weighted by molar-refractivity contribution is 6.30. The van der Waals surface area contributed by atoms with Crippen molar-refractivity contribution < 1.29 is 0 Å². The van der Waals surface area contributed by atoms with Gasteiger partial charge >= 0.3 is 0 Å². The Bertz CT molecular complexity index is 477. The first-order chi connectivity index (χ1) is 9.63. The zero-order valence-electron chi connectivity index (χ0n) is 12.5. The summed E-state index contributed by atoms with van der Waals surface area (Å²) in [5, 5.41) is 4.14. The van der Waals surface area contributed by atoms with Gasteiger partial charge in [0, 0.05) is 18.0 Å². The van der Waals surface area contributed by atoms with Crippen molar-refractivity contribution in [1.29, 1.82) is 0 Å².